The number of ether oxygens (including phenoxy) is 1. The quantitative estimate of drug-likeness (QED) is 0.847. The van der Waals surface area contributed by atoms with E-state index < -0.39 is 0 Å². The van der Waals surface area contributed by atoms with Gasteiger partial charge >= 0.3 is 0 Å². The summed E-state index contributed by atoms with van der Waals surface area (Å²) in [6.45, 7) is 6.41. The molecule has 0 spiro atoms. The van der Waals surface area contributed by atoms with Crippen LogP contribution in [0.2, 0.25) is 0 Å². The van der Waals surface area contributed by atoms with Gasteiger partial charge in [0.1, 0.15) is 11.5 Å². The molecular formula is C17H23NO2. The standard InChI is InChI=1S/C17H23NO2/c1-5-15(17-7-6-10-20-17)18-13(3)14-11-12(2)8-9-16(14)19-4/h6-11,13,15,18H,5H2,1-4H3. The van der Waals surface area contributed by atoms with E-state index >= 15 is 0 Å². The Balaban J connectivity index is 2.18. The molecule has 1 heterocycles. The Labute approximate surface area is 121 Å². The SMILES string of the molecule is CCC(NC(C)c1cc(C)ccc1OC)c1ccco1. The molecule has 0 fully saturated rings. The molecule has 0 aliphatic carbocycles. The third-order valence-corrected chi connectivity index (χ3v) is 3.60. The van der Waals surface area contributed by atoms with Gasteiger partial charge in [-0.2, -0.15) is 0 Å². The van der Waals surface area contributed by atoms with Crippen LogP contribution in [0.3, 0.4) is 0 Å². The van der Waals surface area contributed by atoms with Crippen molar-refractivity contribution in [1.29, 1.82) is 0 Å². The highest BCUT2D eigenvalue weighted by Crippen LogP contribution is 2.29. The lowest BCUT2D eigenvalue weighted by molar-refractivity contribution is 0.363. The number of hydrogen-bond acceptors (Lipinski definition) is 3. The topological polar surface area (TPSA) is 34.4 Å². The van der Waals surface area contributed by atoms with Crippen LogP contribution in [0.4, 0.5) is 0 Å². The second-order valence-corrected chi connectivity index (χ2v) is 5.11. The highest BCUT2D eigenvalue weighted by molar-refractivity contribution is 5.39. The lowest BCUT2D eigenvalue weighted by atomic mass is 10.0. The summed E-state index contributed by atoms with van der Waals surface area (Å²) in [4.78, 5) is 0. The summed E-state index contributed by atoms with van der Waals surface area (Å²) in [7, 11) is 1.71. The van der Waals surface area contributed by atoms with Crippen LogP contribution in [0.25, 0.3) is 0 Å². The molecule has 1 aromatic carbocycles. The fourth-order valence-electron chi connectivity index (χ4n) is 2.47. The molecule has 0 saturated carbocycles. The van der Waals surface area contributed by atoms with Crippen molar-refractivity contribution in [3.63, 3.8) is 0 Å². The number of hydrogen-bond donors (Lipinski definition) is 1. The van der Waals surface area contributed by atoms with E-state index in [1.807, 2.05) is 18.2 Å². The second kappa shape index (κ2) is 6.62. The summed E-state index contributed by atoms with van der Waals surface area (Å²) in [5, 5.41) is 3.61. The van der Waals surface area contributed by atoms with Crippen molar-refractivity contribution >= 4 is 0 Å². The van der Waals surface area contributed by atoms with E-state index in [-0.39, 0.29) is 12.1 Å². The summed E-state index contributed by atoms with van der Waals surface area (Å²) < 4.78 is 11.0. The first kappa shape index (κ1) is 14.7. The monoisotopic (exact) mass is 273 g/mol. The molecule has 0 aliphatic rings. The Kier molecular flexibility index (Phi) is 4.85. The molecule has 0 amide bonds. The van der Waals surface area contributed by atoms with Gasteiger partial charge in [-0.1, -0.05) is 24.6 Å². The van der Waals surface area contributed by atoms with Crippen LogP contribution < -0.4 is 10.1 Å². The first-order chi connectivity index (χ1) is 9.65. The van der Waals surface area contributed by atoms with Gasteiger partial charge in [-0.3, -0.25) is 0 Å². The molecule has 0 aliphatic heterocycles. The molecule has 0 radical (unpaired) electrons. The van der Waals surface area contributed by atoms with E-state index in [0.29, 0.717) is 0 Å². The van der Waals surface area contributed by atoms with Crippen molar-refractivity contribution in [2.24, 2.45) is 0 Å². The van der Waals surface area contributed by atoms with E-state index in [1.54, 1.807) is 13.4 Å². The van der Waals surface area contributed by atoms with Gasteiger partial charge in [-0.05, 0) is 38.5 Å². The third kappa shape index (κ3) is 3.23. The maximum Gasteiger partial charge on any atom is 0.123 e. The third-order valence-electron chi connectivity index (χ3n) is 3.60. The van der Waals surface area contributed by atoms with E-state index in [1.165, 1.54) is 11.1 Å². The molecule has 3 heteroatoms. The Morgan fingerprint density at radius 3 is 2.70 bits per heavy atom. The molecule has 2 atom stereocenters. The average Bonchev–Trinajstić information content (AvgIpc) is 2.98. The minimum atomic E-state index is 0.194. The van der Waals surface area contributed by atoms with Gasteiger partial charge in [0, 0.05) is 11.6 Å². The van der Waals surface area contributed by atoms with E-state index in [2.05, 4.69) is 38.2 Å². The summed E-state index contributed by atoms with van der Waals surface area (Å²) >= 11 is 0. The largest absolute Gasteiger partial charge is 0.496 e. The van der Waals surface area contributed by atoms with Crippen molar-refractivity contribution in [3.8, 4) is 5.75 Å². The lowest BCUT2D eigenvalue weighted by Gasteiger charge is -2.23. The lowest BCUT2D eigenvalue weighted by Crippen LogP contribution is -2.24. The first-order valence-corrected chi connectivity index (χ1v) is 7.09. The smallest absolute Gasteiger partial charge is 0.123 e. The second-order valence-electron chi connectivity index (χ2n) is 5.11. The van der Waals surface area contributed by atoms with Crippen molar-refractivity contribution in [2.45, 2.75) is 39.3 Å². The van der Waals surface area contributed by atoms with Crippen molar-refractivity contribution in [2.75, 3.05) is 7.11 Å². The normalized spacial score (nSPS) is 14.0. The molecule has 3 nitrogen and oxygen atoms in total. The Bertz CT molecular complexity index is 534. The molecule has 0 saturated heterocycles. The fraction of sp³-hybridized carbons (Fsp3) is 0.412. The summed E-state index contributed by atoms with van der Waals surface area (Å²) in [6.07, 6.45) is 2.70. The maximum atomic E-state index is 5.51. The molecule has 2 aromatic rings. The molecule has 2 rings (SSSR count). The highest BCUT2D eigenvalue weighted by atomic mass is 16.5. The zero-order chi connectivity index (χ0) is 14.5. The van der Waals surface area contributed by atoms with E-state index in [4.69, 9.17) is 9.15 Å². The first-order valence-electron chi connectivity index (χ1n) is 7.09. The number of nitrogens with one attached hydrogen (secondary N) is 1. The van der Waals surface area contributed by atoms with Crippen molar-refractivity contribution < 1.29 is 9.15 Å². The van der Waals surface area contributed by atoms with Crippen molar-refractivity contribution in [3.05, 3.63) is 53.5 Å². The summed E-state index contributed by atoms with van der Waals surface area (Å²) in [5.74, 6) is 1.90. The minimum absolute atomic E-state index is 0.194. The summed E-state index contributed by atoms with van der Waals surface area (Å²) in [6, 6.07) is 10.6. The number of furan rings is 1. The fourth-order valence-corrected chi connectivity index (χ4v) is 2.47. The highest BCUT2D eigenvalue weighted by Gasteiger charge is 2.18. The number of methoxy groups -OCH3 is 1. The van der Waals surface area contributed by atoms with Gasteiger partial charge in [-0.25, -0.2) is 0 Å². The van der Waals surface area contributed by atoms with Crippen LogP contribution in [0.1, 0.15) is 49.2 Å². The van der Waals surface area contributed by atoms with Gasteiger partial charge in [0.15, 0.2) is 0 Å². The van der Waals surface area contributed by atoms with Gasteiger partial charge in [-0.15, -0.1) is 0 Å². The maximum absolute atomic E-state index is 5.51. The molecule has 0 bridgehead atoms. The Hall–Kier alpha value is -1.74. The van der Waals surface area contributed by atoms with Crippen molar-refractivity contribution in [1.82, 2.24) is 5.32 Å². The summed E-state index contributed by atoms with van der Waals surface area (Å²) in [5.41, 5.74) is 2.41. The van der Waals surface area contributed by atoms with Crippen LogP contribution in [-0.2, 0) is 0 Å². The van der Waals surface area contributed by atoms with Gasteiger partial charge in [0.2, 0.25) is 0 Å². The Morgan fingerprint density at radius 2 is 2.10 bits per heavy atom. The van der Waals surface area contributed by atoms with Gasteiger partial charge < -0.3 is 14.5 Å². The van der Waals surface area contributed by atoms with Gasteiger partial charge in [0.25, 0.3) is 0 Å². The van der Waals surface area contributed by atoms with Crippen LogP contribution in [0, 0.1) is 6.92 Å². The molecule has 1 N–H and O–H groups in total. The van der Waals surface area contributed by atoms with Crippen LogP contribution in [-0.4, -0.2) is 7.11 Å². The molecular weight excluding hydrogens is 250 g/mol. The predicted molar refractivity (Wildman–Crippen MR) is 81.0 cm³/mol. The molecule has 2 unspecified atom stereocenters. The molecule has 20 heavy (non-hydrogen) atoms. The van der Waals surface area contributed by atoms with Crippen LogP contribution in [0.5, 0.6) is 5.75 Å². The van der Waals surface area contributed by atoms with Crippen LogP contribution >= 0.6 is 0 Å². The predicted octanol–water partition coefficient (Wildman–Crippen LogP) is 4.40. The van der Waals surface area contributed by atoms with E-state index in [9.17, 15) is 0 Å². The number of aryl methyl sites for hydroxylation is 1. The molecule has 1 aromatic heterocycles. The number of benzene rings is 1. The average molecular weight is 273 g/mol. The minimum Gasteiger partial charge on any atom is -0.496 e. The zero-order valence-corrected chi connectivity index (χ0v) is 12.6. The number of rotatable bonds is 6. The van der Waals surface area contributed by atoms with E-state index in [0.717, 1.165) is 17.9 Å². The van der Waals surface area contributed by atoms with Gasteiger partial charge in [0.05, 0.1) is 19.4 Å². The van der Waals surface area contributed by atoms with Crippen LogP contribution in [0.15, 0.2) is 41.0 Å². The molecule has 108 valence electrons. The zero-order valence-electron chi connectivity index (χ0n) is 12.6. The Morgan fingerprint density at radius 1 is 1.30 bits per heavy atom.